The SMILES string of the molecule is Cc1cc(Nc2ncnc3cccc(OC(C)O)c23)ccc1OCc1cscn1. The van der Waals surface area contributed by atoms with Gasteiger partial charge < -0.3 is 19.9 Å². The summed E-state index contributed by atoms with van der Waals surface area (Å²) in [5.41, 5.74) is 5.27. The number of hydrogen-bond acceptors (Lipinski definition) is 8. The van der Waals surface area contributed by atoms with E-state index in [1.54, 1.807) is 29.8 Å². The molecule has 2 aromatic carbocycles. The van der Waals surface area contributed by atoms with Gasteiger partial charge >= 0.3 is 0 Å². The molecule has 4 rings (SSSR count). The normalized spacial score (nSPS) is 12.0. The van der Waals surface area contributed by atoms with Crippen LogP contribution in [0.4, 0.5) is 11.5 Å². The number of nitrogens with zero attached hydrogens (tertiary/aromatic N) is 3. The summed E-state index contributed by atoms with van der Waals surface area (Å²) in [6.07, 6.45) is 0.555. The van der Waals surface area contributed by atoms with E-state index in [9.17, 15) is 5.11 Å². The second-order valence-corrected chi connectivity index (χ2v) is 7.18. The van der Waals surface area contributed by atoms with Crippen molar-refractivity contribution in [2.75, 3.05) is 5.32 Å². The molecular weight excluding hydrogens is 388 g/mol. The Morgan fingerprint density at radius 3 is 2.79 bits per heavy atom. The smallest absolute Gasteiger partial charge is 0.194 e. The van der Waals surface area contributed by atoms with Gasteiger partial charge in [-0.15, -0.1) is 11.3 Å². The van der Waals surface area contributed by atoms with Gasteiger partial charge in [-0.25, -0.2) is 15.0 Å². The van der Waals surface area contributed by atoms with Gasteiger partial charge in [-0.3, -0.25) is 0 Å². The van der Waals surface area contributed by atoms with Gasteiger partial charge in [0.05, 0.1) is 22.1 Å². The highest BCUT2D eigenvalue weighted by Gasteiger charge is 2.12. The lowest BCUT2D eigenvalue weighted by atomic mass is 10.1. The molecule has 29 heavy (non-hydrogen) atoms. The molecular formula is C21H20N4O3S. The Morgan fingerprint density at radius 2 is 2.03 bits per heavy atom. The highest BCUT2D eigenvalue weighted by molar-refractivity contribution is 7.07. The van der Waals surface area contributed by atoms with Crippen LogP contribution in [0.15, 0.2) is 53.6 Å². The maximum atomic E-state index is 9.63. The van der Waals surface area contributed by atoms with Crippen molar-refractivity contribution in [3.63, 3.8) is 0 Å². The van der Waals surface area contributed by atoms with Crippen LogP contribution in [0.5, 0.6) is 11.5 Å². The van der Waals surface area contributed by atoms with Crippen LogP contribution in [0.3, 0.4) is 0 Å². The Balaban J connectivity index is 1.59. The fourth-order valence-corrected chi connectivity index (χ4v) is 3.48. The van der Waals surface area contributed by atoms with Crippen LogP contribution in [-0.2, 0) is 6.61 Å². The predicted octanol–water partition coefficient (Wildman–Crippen LogP) is 4.43. The maximum absolute atomic E-state index is 9.63. The van der Waals surface area contributed by atoms with Crippen molar-refractivity contribution in [3.8, 4) is 11.5 Å². The minimum atomic E-state index is -0.940. The van der Waals surface area contributed by atoms with Crippen molar-refractivity contribution in [2.24, 2.45) is 0 Å². The van der Waals surface area contributed by atoms with E-state index in [0.717, 1.165) is 28.2 Å². The third-order valence-electron chi connectivity index (χ3n) is 4.22. The molecule has 7 nitrogen and oxygen atoms in total. The molecule has 1 atom stereocenters. The van der Waals surface area contributed by atoms with Gasteiger partial charge in [0.2, 0.25) is 0 Å². The number of aliphatic hydroxyl groups is 1. The molecule has 0 saturated carbocycles. The number of aryl methyl sites for hydroxylation is 1. The second kappa shape index (κ2) is 8.42. The van der Waals surface area contributed by atoms with E-state index in [2.05, 4.69) is 20.3 Å². The zero-order chi connectivity index (χ0) is 20.2. The molecule has 2 heterocycles. The maximum Gasteiger partial charge on any atom is 0.194 e. The molecule has 0 spiro atoms. The Bertz CT molecular complexity index is 1110. The lowest BCUT2D eigenvalue weighted by Gasteiger charge is -2.15. The number of nitrogens with one attached hydrogen (secondary N) is 1. The first kappa shape index (κ1) is 19.1. The van der Waals surface area contributed by atoms with Crippen molar-refractivity contribution in [3.05, 3.63) is 64.9 Å². The molecule has 0 radical (unpaired) electrons. The number of aliphatic hydroxyl groups excluding tert-OH is 1. The number of rotatable bonds is 7. The summed E-state index contributed by atoms with van der Waals surface area (Å²) in [4.78, 5) is 12.9. The minimum Gasteiger partial charge on any atom is -0.487 e. The molecule has 2 aromatic heterocycles. The average molecular weight is 408 g/mol. The number of aromatic nitrogens is 3. The Labute approximate surface area is 172 Å². The number of anilines is 2. The van der Waals surface area contributed by atoms with E-state index in [1.165, 1.54) is 6.33 Å². The zero-order valence-corrected chi connectivity index (χ0v) is 16.8. The topological polar surface area (TPSA) is 89.4 Å². The highest BCUT2D eigenvalue weighted by atomic mass is 32.1. The van der Waals surface area contributed by atoms with E-state index < -0.39 is 6.29 Å². The first-order chi connectivity index (χ1) is 14.1. The molecule has 0 bridgehead atoms. The largest absolute Gasteiger partial charge is 0.487 e. The van der Waals surface area contributed by atoms with Crippen LogP contribution < -0.4 is 14.8 Å². The molecule has 1 unspecified atom stereocenters. The molecule has 0 aliphatic heterocycles. The summed E-state index contributed by atoms with van der Waals surface area (Å²) < 4.78 is 11.4. The molecule has 2 N–H and O–H groups in total. The van der Waals surface area contributed by atoms with E-state index in [1.807, 2.05) is 42.6 Å². The van der Waals surface area contributed by atoms with Gasteiger partial charge in [0.15, 0.2) is 6.29 Å². The number of benzene rings is 2. The Morgan fingerprint density at radius 1 is 1.14 bits per heavy atom. The van der Waals surface area contributed by atoms with Crippen LogP contribution >= 0.6 is 11.3 Å². The number of fused-ring (bicyclic) bond motifs is 1. The van der Waals surface area contributed by atoms with E-state index in [4.69, 9.17) is 9.47 Å². The molecule has 0 saturated heterocycles. The average Bonchev–Trinajstić information content (AvgIpc) is 3.21. The lowest BCUT2D eigenvalue weighted by molar-refractivity contribution is 0.000888. The molecule has 0 amide bonds. The van der Waals surface area contributed by atoms with E-state index in [0.29, 0.717) is 23.6 Å². The van der Waals surface area contributed by atoms with Crippen molar-refractivity contribution in [1.29, 1.82) is 0 Å². The van der Waals surface area contributed by atoms with Crippen molar-refractivity contribution >= 4 is 33.7 Å². The highest BCUT2D eigenvalue weighted by Crippen LogP contribution is 2.33. The Hall–Kier alpha value is -3.23. The van der Waals surface area contributed by atoms with Crippen LogP contribution in [0.25, 0.3) is 10.9 Å². The van der Waals surface area contributed by atoms with Gasteiger partial charge in [-0.2, -0.15) is 0 Å². The Kier molecular flexibility index (Phi) is 5.55. The zero-order valence-electron chi connectivity index (χ0n) is 16.0. The monoisotopic (exact) mass is 408 g/mol. The van der Waals surface area contributed by atoms with Gasteiger partial charge in [0.25, 0.3) is 0 Å². The number of ether oxygens (including phenoxy) is 2. The van der Waals surface area contributed by atoms with Gasteiger partial charge in [-0.1, -0.05) is 6.07 Å². The van der Waals surface area contributed by atoms with Crippen molar-refractivity contribution in [1.82, 2.24) is 15.0 Å². The molecule has 0 aliphatic rings. The van der Waals surface area contributed by atoms with Crippen LogP contribution in [-0.4, -0.2) is 26.3 Å². The first-order valence-electron chi connectivity index (χ1n) is 9.06. The summed E-state index contributed by atoms with van der Waals surface area (Å²) >= 11 is 1.55. The molecule has 148 valence electrons. The molecule has 0 aliphatic carbocycles. The quantitative estimate of drug-likeness (QED) is 0.437. The summed E-state index contributed by atoms with van der Waals surface area (Å²) in [5, 5.41) is 15.6. The van der Waals surface area contributed by atoms with Crippen molar-refractivity contribution in [2.45, 2.75) is 26.7 Å². The summed E-state index contributed by atoms with van der Waals surface area (Å²) in [5.74, 6) is 1.91. The van der Waals surface area contributed by atoms with Crippen LogP contribution in [0, 0.1) is 6.92 Å². The van der Waals surface area contributed by atoms with Crippen LogP contribution in [0.2, 0.25) is 0 Å². The van der Waals surface area contributed by atoms with E-state index in [-0.39, 0.29) is 0 Å². The summed E-state index contributed by atoms with van der Waals surface area (Å²) in [7, 11) is 0. The molecule has 4 aromatic rings. The predicted molar refractivity (Wildman–Crippen MR) is 113 cm³/mol. The fourth-order valence-electron chi connectivity index (χ4n) is 2.94. The van der Waals surface area contributed by atoms with Crippen LogP contribution in [0.1, 0.15) is 18.2 Å². The molecule has 8 heteroatoms. The van der Waals surface area contributed by atoms with Gasteiger partial charge in [0, 0.05) is 11.1 Å². The molecule has 0 fully saturated rings. The third-order valence-corrected chi connectivity index (χ3v) is 4.85. The summed E-state index contributed by atoms with van der Waals surface area (Å²) in [6.45, 7) is 3.98. The third kappa shape index (κ3) is 4.44. The summed E-state index contributed by atoms with van der Waals surface area (Å²) in [6, 6.07) is 11.3. The first-order valence-corrected chi connectivity index (χ1v) is 10.0. The van der Waals surface area contributed by atoms with Gasteiger partial charge in [0.1, 0.15) is 30.3 Å². The lowest BCUT2D eigenvalue weighted by Crippen LogP contribution is -2.10. The van der Waals surface area contributed by atoms with Crippen molar-refractivity contribution < 1.29 is 14.6 Å². The van der Waals surface area contributed by atoms with E-state index >= 15 is 0 Å². The number of thiazole rings is 1. The number of hydrogen-bond donors (Lipinski definition) is 2. The fraction of sp³-hybridized carbons (Fsp3) is 0.190. The van der Waals surface area contributed by atoms with Gasteiger partial charge in [-0.05, 0) is 49.7 Å². The minimum absolute atomic E-state index is 0.438. The second-order valence-electron chi connectivity index (χ2n) is 6.46. The standard InChI is InChI=1S/C21H20N4O3S/c1-13-8-15(6-7-18(13)27-9-16-10-29-12-24-16)25-21-20-17(22-11-23-21)4-3-5-19(20)28-14(2)26/h3-8,10-12,14,26H,9H2,1-2H3,(H,22,23,25).